The van der Waals surface area contributed by atoms with Gasteiger partial charge >= 0.3 is 6.03 Å². The summed E-state index contributed by atoms with van der Waals surface area (Å²) in [6.45, 7) is 2.29. The maximum Gasteiger partial charge on any atom is 0.321 e. The van der Waals surface area contributed by atoms with Gasteiger partial charge in [-0.2, -0.15) is 0 Å². The van der Waals surface area contributed by atoms with Crippen molar-refractivity contribution in [2.24, 2.45) is 0 Å². The molecule has 7 heteroatoms. The van der Waals surface area contributed by atoms with Crippen molar-refractivity contribution >= 4 is 23.5 Å². The molecular weight excluding hydrogens is 248 g/mol. The third-order valence-electron chi connectivity index (χ3n) is 1.81. The lowest BCUT2D eigenvalue weighted by Crippen LogP contribution is -2.40. The second-order valence-electron chi connectivity index (χ2n) is 3.25. The number of hydrogen-bond donors (Lipinski definition) is 2. The number of rotatable bonds is 9. The number of urea groups is 1. The van der Waals surface area contributed by atoms with Crippen LogP contribution in [0.15, 0.2) is 0 Å². The first kappa shape index (κ1) is 16.1. The Morgan fingerprint density at radius 1 is 1.18 bits per heavy atom. The Hall–Kier alpha value is -0.850. The van der Waals surface area contributed by atoms with E-state index in [0.717, 1.165) is 12.8 Å². The van der Waals surface area contributed by atoms with Gasteiger partial charge < -0.3 is 14.8 Å². The molecule has 0 aliphatic heterocycles. The first-order valence-corrected chi connectivity index (χ1v) is 5.94. The predicted molar refractivity (Wildman–Crippen MR) is 64.2 cm³/mol. The van der Waals surface area contributed by atoms with E-state index in [4.69, 9.17) is 21.1 Å². The van der Waals surface area contributed by atoms with Gasteiger partial charge in [0.25, 0.3) is 0 Å². The smallest absolute Gasteiger partial charge is 0.321 e. The van der Waals surface area contributed by atoms with E-state index in [1.807, 2.05) is 0 Å². The van der Waals surface area contributed by atoms with E-state index in [-0.39, 0.29) is 5.88 Å². The van der Waals surface area contributed by atoms with Crippen molar-refractivity contribution < 1.29 is 19.1 Å². The lowest BCUT2D eigenvalue weighted by molar-refractivity contribution is -0.117. The van der Waals surface area contributed by atoms with Gasteiger partial charge in [-0.3, -0.25) is 10.1 Å². The van der Waals surface area contributed by atoms with Crippen LogP contribution in [0.3, 0.4) is 0 Å². The number of imide groups is 1. The fourth-order valence-electron chi connectivity index (χ4n) is 0.980. The molecule has 0 saturated heterocycles. The number of unbranched alkanes of at least 4 members (excludes halogenated alkanes) is 1. The summed E-state index contributed by atoms with van der Waals surface area (Å²) in [6, 6.07) is -0.518. The van der Waals surface area contributed by atoms with Gasteiger partial charge in [0.15, 0.2) is 0 Å². The second kappa shape index (κ2) is 11.6. The van der Waals surface area contributed by atoms with Gasteiger partial charge in [-0.15, -0.1) is 11.6 Å². The fraction of sp³-hybridized carbons (Fsp3) is 0.800. The summed E-state index contributed by atoms with van der Waals surface area (Å²) in [7, 11) is 1.62. The summed E-state index contributed by atoms with van der Waals surface area (Å²) in [4.78, 5) is 21.8. The minimum atomic E-state index is -0.518. The minimum Gasteiger partial charge on any atom is -0.382 e. The van der Waals surface area contributed by atoms with Crippen molar-refractivity contribution in [1.29, 1.82) is 0 Å². The molecule has 6 nitrogen and oxygen atoms in total. The van der Waals surface area contributed by atoms with Crippen LogP contribution in [-0.2, 0) is 14.3 Å². The summed E-state index contributed by atoms with van der Waals surface area (Å²) in [5.74, 6) is -0.729. The third-order valence-corrected chi connectivity index (χ3v) is 2.05. The number of hydrogen-bond acceptors (Lipinski definition) is 4. The van der Waals surface area contributed by atoms with Gasteiger partial charge in [0.1, 0.15) is 5.88 Å². The van der Waals surface area contributed by atoms with Gasteiger partial charge in [0.2, 0.25) is 5.91 Å². The first-order valence-electron chi connectivity index (χ1n) is 5.41. The topological polar surface area (TPSA) is 76.7 Å². The Balaban J connectivity index is 3.22. The van der Waals surface area contributed by atoms with E-state index in [2.05, 4.69) is 10.6 Å². The highest BCUT2D eigenvalue weighted by Crippen LogP contribution is 1.88. The zero-order chi connectivity index (χ0) is 12.9. The number of carbonyl (C=O) groups is 2. The van der Waals surface area contributed by atoms with Crippen LogP contribution in [0.5, 0.6) is 0 Å². The maximum atomic E-state index is 11.0. The average Bonchev–Trinajstić information content (AvgIpc) is 2.32. The van der Waals surface area contributed by atoms with Crippen LogP contribution in [0.2, 0.25) is 0 Å². The van der Waals surface area contributed by atoms with Crippen LogP contribution in [0.1, 0.15) is 12.8 Å². The molecular formula is C10H19ClN2O4. The monoisotopic (exact) mass is 266 g/mol. The Labute approximate surface area is 106 Å². The fourth-order valence-corrected chi connectivity index (χ4v) is 1.05. The summed E-state index contributed by atoms with van der Waals surface area (Å²) in [5.41, 5.74) is 0. The van der Waals surface area contributed by atoms with Crippen LogP contribution < -0.4 is 10.6 Å². The number of nitrogens with one attached hydrogen (secondary N) is 2. The quantitative estimate of drug-likeness (QED) is 0.471. The van der Waals surface area contributed by atoms with Crippen molar-refractivity contribution in [3.05, 3.63) is 0 Å². The van der Waals surface area contributed by atoms with E-state index >= 15 is 0 Å². The predicted octanol–water partition coefficient (Wildman–Crippen LogP) is 0.494. The Kier molecular flexibility index (Phi) is 11.0. The summed E-state index contributed by atoms with van der Waals surface area (Å²) >= 11 is 5.22. The van der Waals surface area contributed by atoms with Crippen molar-refractivity contribution in [1.82, 2.24) is 10.6 Å². The third kappa shape index (κ3) is 11.4. The maximum absolute atomic E-state index is 11.0. The Morgan fingerprint density at radius 3 is 2.59 bits per heavy atom. The lowest BCUT2D eigenvalue weighted by Gasteiger charge is -2.06. The van der Waals surface area contributed by atoms with E-state index in [0.29, 0.717) is 26.4 Å². The molecule has 2 N–H and O–H groups in total. The molecule has 0 aromatic carbocycles. The van der Waals surface area contributed by atoms with Gasteiger partial charge in [0.05, 0.1) is 13.2 Å². The Morgan fingerprint density at radius 2 is 1.94 bits per heavy atom. The number of amides is 3. The average molecular weight is 267 g/mol. The standard InChI is InChI=1S/C10H19ClN2O4/c1-16-6-7-17-5-3-2-4-12-10(15)13-9(14)8-11/h2-8H2,1H3,(H2,12,13,14,15). The van der Waals surface area contributed by atoms with E-state index in [1.165, 1.54) is 0 Å². The molecule has 3 amide bonds. The molecule has 0 aromatic rings. The highest BCUT2D eigenvalue weighted by atomic mass is 35.5. The molecule has 100 valence electrons. The normalized spacial score (nSPS) is 10.0. The van der Waals surface area contributed by atoms with E-state index in [1.54, 1.807) is 7.11 Å². The molecule has 0 fully saturated rings. The zero-order valence-electron chi connectivity index (χ0n) is 9.96. The molecule has 17 heavy (non-hydrogen) atoms. The molecule has 0 rings (SSSR count). The number of carbonyl (C=O) groups excluding carboxylic acids is 2. The molecule has 0 heterocycles. The minimum absolute atomic E-state index is 0.221. The number of halogens is 1. The zero-order valence-corrected chi connectivity index (χ0v) is 10.7. The largest absolute Gasteiger partial charge is 0.382 e. The Bertz CT molecular complexity index is 226. The second-order valence-corrected chi connectivity index (χ2v) is 3.52. The molecule has 0 aliphatic rings. The molecule has 0 radical (unpaired) electrons. The summed E-state index contributed by atoms with van der Waals surface area (Å²) in [6.07, 6.45) is 1.63. The highest BCUT2D eigenvalue weighted by molar-refractivity contribution is 6.28. The molecule has 0 atom stereocenters. The van der Waals surface area contributed by atoms with Crippen LogP contribution >= 0.6 is 11.6 Å². The van der Waals surface area contributed by atoms with E-state index in [9.17, 15) is 9.59 Å². The van der Waals surface area contributed by atoms with Gasteiger partial charge in [0, 0.05) is 20.3 Å². The van der Waals surface area contributed by atoms with E-state index < -0.39 is 11.9 Å². The molecule has 0 spiro atoms. The summed E-state index contributed by atoms with van der Waals surface area (Å²) < 4.78 is 10.1. The van der Waals surface area contributed by atoms with Crippen LogP contribution in [0, 0.1) is 0 Å². The molecule has 0 aromatic heterocycles. The van der Waals surface area contributed by atoms with Crippen LogP contribution in [0.25, 0.3) is 0 Å². The van der Waals surface area contributed by atoms with Crippen molar-refractivity contribution in [3.8, 4) is 0 Å². The van der Waals surface area contributed by atoms with Crippen molar-refractivity contribution in [3.63, 3.8) is 0 Å². The number of methoxy groups -OCH3 is 1. The van der Waals surface area contributed by atoms with Crippen LogP contribution in [0.4, 0.5) is 4.79 Å². The van der Waals surface area contributed by atoms with Gasteiger partial charge in [-0.05, 0) is 12.8 Å². The molecule has 0 aliphatic carbocycles. The number of ether oxygens (including phenoxy) is 2. The molecule has 0 bridgehead atoms. The molecule has 0 saturated carbocycles. The molecule has 0 unspecified atom stereocenters. The van der Waals surface area contributed by atoms with Gasteiger partial charge in [-0.1, -0.05) is 0 Å². The SMILES string of the molecule is COCCOCCCCNC(=O)NC(=O)CCl. The van der Waals surface area contributed by atoms with Gasteiger partial charge in [-0.25, -0.2) is 4.79 Å². The highest BCUT2D eigenvalue weighted by Gasteiger charge is 2.04. The van der Waals surface area contributed by atoms with Crippen molar-refractivity contribution in [2.75, 3.05) is 39.4 Å². The number of alkyl halides is 1. The first-order chi connectivity index (χ1) is 8.20. The van der Waals surface area contributed by atoms with Crippen LogP contribution in [-0.4, -0.2) is 51.3 Å². The summed E-state index contributed by atoms with van der Waals surface area (Å²) in [5, 5.41) is 4.62. The van der Waals surface area contributed by atoms with Crippen molar-refractivity contribution in [2.45, 2.75) is 12.8 Å². The lowest BCUT2D eigenvalue weighted by atomic mass is 10.3.